The van der Waals surface area contributed by atoms with Crippen molar-refractivity contribution in [2.45, 2.75) is 39.2 Å². The van der Waals surface area contributed by atoms with Crippen LogP contribution in [0, 0.1) is 11.3 Å². The van der Waals surface area contributed by atoms with E-state index >= 15 is 0 Å². The zero-order valence-corrected chi connectivity index (χ0v) is 18.4. The number of aromatic nitrogens is 1. The van der Waals surface area contributed by atoms with Crippen molar-refractivity contribution < 1.29 is 18.9 Å². The number of nitrogens with zero attached hydrogens (tertiary/aromatic N) is 2. The van der Waals surface area contributed by atoms with Gasteiger partial charge >= 0.3 is 0 Å². The number of methoxy groups -OCH3 is 3. The maximum absolute atomic E-state index is 13.6. The zero-order chi connectivity index (χ0) is 22.7. The summed E-state index contributed by atoms with van der Waals surface area (Å²) in [6.45, 7) is 4.46. The first kappa shape index (κ1) is 22.1. The fourth-order valence-electron chi connectivity index (χ4n) is 4.09. The number of hydrogen-bond acceptors (Lipinski definition) is 7. The van der Waals surface area contributed by atoms with Crippen LogP contribution in [0.25, 0.3) is 0 Å². The van der Waals surface area contributed by atoms with E-state index in [1.807, 2.05) is 19.9 Å². The fourth-order valence-corrected chi connectivity index (χ4v) is 4.09. The molecule has 0 fully saturated rings. The molecule has 0 spiro atoms. The molecule has 2 aromatic rings. The zero-order valence-electron chi connectivity index (χ0n) is 18.4. The molecule has 0 aliphatic carbocycles. The molecule has 2 heterocycles. The first-order valence-electron chi connectivity index (χ1n) is 10.1. The number of hydrogen-bond donors (Lipinski definition) is 1. The number of nitrogens with two attached hydrogens (primary N) is 1. The van der Waals surface area contributed by atoms with Gasteiger partial charge in [0.25, 0.3) is 5.56 Å². The highest BCUT2D eigenvalue weighted by Gasteiger charge is 2.37. The molecule has 164 valence electrons. The molecular formula is C23H27N3O5. The lowest BCUT2D eigenvalue weighted by Crippen LogP contribution is -2.33. The number of ether oxygens (including phenoxy) is 4. The Labute approximate surface area is 181 Å². The van der Waals surface area contributed by atoms with Gasteiger partial charge in [0, 0.05) is 23.9 Å². The molecule has 3 rings (SSSR count). The Bertz CT molecular complexity index is 1130. The van der Waals surface area contributed by atoms with Gasteiger partial charge in [-0.25, -0.2) is 0 Å². The van der Waals surface area contributed by atoms with Crippen molar-refractivity contribution in [2.75, 3.05) is 21.3 Å². The van der Waals surface area contributed by atoms with Crippen LogP contribution in [0.2, 0.25) is 0 Å². The summed E-state index contributed by atoms with van der Waals surface area (Å²) in [7, 11) is 4.52. The molecule has 0 amide bonds. The highest BCUT2D eigenvalue weighted by atomic mass is 16.5. The van der Waals surface area contributed by atoms with E-state index < -0.39 is 5.92 Å². The predicted octanol–water partition coefficient (Wildman–Crippen LogP) is 3.06. The van der Waals surface area contributed by atoms with Crippen molar-refractivity contribution in [1.29, 1.82) is 5.26 Å². The number of fused-ring (bicyclic) bond motifs is 1. The van der Waals surface area contributed by atoms with Crippen molar-refractivity contribution >= 4 is 0 Å². The number of rotatable bonds is 7. The van der Waals surface area contributed by atoms with Gasteiger partial charge in [-0.1, -0.05) is 19.4 Å². The smallest absolute Gasteiger partial charge is 0.258 e. The van der Waals surface area contributed by atoms with Gasteiger partial charge in [0.05, 0.1) is 32.8 Å². The van der Waals surface area contributed by atoms with Crippen LogP contribution in [-0.2, 0) is 13.0 Å². The lowest BCUT2D eigenvalue weighted by molar-refractivity contribution is 0.321. The summed E-state index contributed by atoms with van der Waals surface area (Å²) in [5, 5.41) is 9.89. The fraction of sp³-hybridized carbons (Fsp3) is 0.391. The van der Waals surface area contributed by atoms with E-state index in [4.69, 9.17) is 24.7 Å². The molecule has 0 bridgehead atoms. The molecule has 8 heteroatoms. The molecule has 2 N–H and O–H groups in total. The number of allylic oxidation sites excluding steroid dienone is 1. The molecule has 8 nitrogen and oxygen atoms in total. The van der Waals surface area contributed by atoms with Crippen LogP contribution in [0.3, 0.4) is 0 Å². The topological polar surface area (TPSA) is 109 Å². The molecule has 1 aliphatic heterocycles. The highest BCUT2D eigenvalue weighted by Crippen LogP contribution is 2.49. The summed E-state index contributed by atoms with van der Waals surface area (Å²) in [6.07, 6.45) is 1.60. The summed E-state index contributed by atoms with van der Waals surface area (Å²) in [5.41, 5.74) is 7.82. The molecular weight excluding hydrogens is 398 g/mol. The largest absolute Gasteiger partial charge is 0.493 e. The van der Waals surface area contributed by atoms with Crippen molar-refractivity contribution in [3.05, 3.63) is 56.8 Å². The summed E-state index contributed by atoms with van der Waals surface area (Å²) in [4.78, 5) is 13.6. The quantitative estimate of drug-likeness (QED) is 0.726. The van der Waals surface area contributed by atoms with E-state index in [9.17, 15) is 10.1 Å². The van der Waals surface area contributed by atoms with Crippen molar-refractivity contribution in [3.8, 4) is 29.1 Å². The summed E-state index contributed by atoms with van der Waals surface area (Å²) in [6, 6.07) is 7.42. The maximum Gasteiger partial charge on any atom is 0.258 e. The molecule has 0 radical (unpaired) electrons. The van der Waals surface area contributed by atoms with Crippen molar-refractivity contribution in [1.82, 2.24) is 4.57 Å². The second-order valence-electron chi connectivity index (χ2n) is 7.06. The SMILES string of the molecule is CCCc1cc2c(c(=O)n1CC)C(c1ccc(OC)c(OC)c1OC)C(C#N)=C(N)O2. The minimum atomic E-state index is -0.774. The predicted molar refractivity (Wildman–Crippen MR) is 116 cm³/mol. The average Bonchev–Trinajstić information content (AvgIpc) is 2.77. The van der Waals surface area contributed by atoms with Crippen LogP contribution >= 0.6 is 0 Å². The highest BCUT2D eigenvalue weighted by molar-refractivity contribution is 5.64. The molecule has 1 aromatic carbocycles. The normalized spacial score (nSPS) is 15.0. The number of aryl methyl sites for hydroxylation is 1. The van der Waals surface area contributed by atoms with E-state index in [0.717, 1.165) is 18.5 Å². The number of pyridine rings is 1. The summed E-state index contributed by atoms with van der Waals surface area (Å²) < 4.78 is 24.0. The van der Waals surface area contributed by atoms with E-state index in [1.165, 1.54) is 21.3 Å². The number of benzene rings is 1. The van der Waals surface area contributed by atoms with Crippen LogP contribution < -0.4 is 30.2 Å². The minimum Gasteiger partial charge on any atom is -0.493 e. The van der Waals surface area contributed by atoms with Crippen LogP contribution in [0.4, 0.5) is 0 Å². The second kappa shape index (κ2) is 9.04. The third kappa shape index (κ3) is 3.56. The van der Waals surface area contributed by atoms with E-state index in [1.54, 1.807) is 16.7 Å². The van der Waals surface area contributed by atoms with Gasteiger partial charge in [-0.15, -0.1) is 0 Å². The Morgan fingerprint density at radius 1 is 1.16 bits per heavy atom. The molecule has 1 atom stereocenters. The van der Waals surface area contributed by atoms with Gasteiger partial charge in [0.2, 0.25) is 11.6 Å². The third-order valence-corrected chi connectivity index (χ3v) is 5.44. The Balaban J connectivity index is 2.39. The van der Waals surface area contributed by atoms with Crippen LogP contribution in [0.15, 0.2) is 34.4 Å². The van der Waals surface area contributed by atoms with E-state index in [2.05, 4.69) is 6.07 Å². The Morgan fingerprint density at radius 2 is 1.87 bits per heavy atom. The van der Waals surface area contributed by atoms with Crippen LogP contribution in [0.1, 0.15) is 43.0 Å². The molecule has 0 saturated heterocycles. The molecule has 1 aromatic heterocycles. The molecule has 0 saturated carbocycles. The molecule has 1 unspecified atom stereocenters. The van der Waals surface area contributed by atoms with Gasteiger partial charge in [-0.2, -0.15) is 5.26 Å². The van der Waals surface area contributed by atoms with E-state index in [-0.39, 0.29) is 17.0 Å². The maximum atomic E-state index is 13.6. The third-order valence-electron chi connectivity index (χ3n) is 5.44. The van der Waals surface area contributed by atoms with Gasteiger partial charge in [0.1, 0.15) is 17.4 Å². The van der Waals surface area contributed by atoms with Gasteiger partial charge in [0.15, 0.2) is 11.5 Å². The lowest BCUT2D eigenvalue weighted by atomic mass is 9.83. The Morgan fingerprint density at radius 3 is 2.42 bits per heavy atom. The lowest BCUT2D eigenvalue weighted by Gasteiger charge is -2.29. The van der Waals surface area contributed by atoms with Gasteiger partial charge in [-0.3, -0.25) is 4.79 Å². The summed E-state index contributed by atoms with van der Waals surface area (Å²) >= 11 is 0. The van der Waals surface area contributed by atoms with Crippen LogP contribution in [0.5, 0.6) is 23.0 Å². The van der Waals surface area contributed by atoms with Crippen LogP contribution in [-0.4, -0.2) is 25.9 Å². The monoisotopic (exact) mass is 425 g/mol. The average molecular weight is 425 g/mol. The van der Waals surface area contributed by atoms with Gasteiger partial charge < -0.3 is 29.2 Å². The first-order valence-corrected chi connectivity index (χ1v) is 10.1. The standard InChI is InChI=1S/C23H27N3O5/c1-6-8-13-11-17-19(23(27)26(13)7-2)18(15(12-24)22(25)31-17)14-9-10-16(28-3)21(30-5)20(14)29-4/h9-11,18H,6-8,25H2,1-5H3. The first-order chi connectivity index (χ1) is 15.0. The van der Waals surface area contributed by atoms with Gasteiger partial charge in [-0.05, 0) is 19.4 Å². The second-order valence-corrected chi connectivity index (χ2v) is 7.06. The minimum absolute atomic E-state index is 0.0343. The van der Waals surface area contributed by atoms with E-state index in [0.29, 0.717) is 40.7 Å². The Kier molecular flexibility index (Phi) is 6.44. The molecule has 1 aliphatic rings. The molecule has 31 heavy (non-hydrogen) atoms. The number of nitriles is 1. The summed E-state index contributed by atoms with van der Waals surface area (Å²) in [5.74, 6) is 0.745. The Hall–Kier alpha value is -3.60. The van der Waals surface area contributed by atoms with Crippen molar-refractivity contribution in [3.63, 3.8) is 0 Å². The van der Waals surface area contributed by atoms with Crippen molar-refractivity contribution in [2.24, 2.45) is 5.73 Å².